The topological polar surface area (TPSA) is 171 Å². The number of carboxylic acid groups (broad SMARTS) is 1. The average molecular weight is 456 g/mol. The van der Waals surface area contributed by atoms with Gasteiger partial charge >= 0.3 is 5.97 Å². The van der Waals surface area contributed by atoms with Gasteiger partial charge in [-0.25, -0.2) is 4.79 Å². The van der Waals surface area contributed by atoms with Gasteiger partial charge in [0.25, 0.3) is 5.91 Å². The lowest BCUT2D eigenvalue weighted by molar-refractivity contribution is -0.115. The lowest BCUT2D eigenvalue weighted by atomic mass is 10.0. The molecule has 168 valence electrons. The lowest BCUT2D eigenvalue weighted by Gasteiger charge is -2.10. The second-order valence-electron chi connectivity index (χ2n) is 7.07. The third kappa shape index (κ3) is 4.28. The van der Waals surface area contributed by atoms with E-state index in [-0.39, 0.29) is 40.4 Å². The predicted molar refractivity (Wildman–Crippen MR) is 120 cm³/mol. The summed E-state index contributed by atoms with van der Waals surface area (Å²) in [4.78, 5) is 36.6. The van der Waals surface area contributed by atoms with Gasteiger partial charge < -0.3 is 20.3 Å². The normalized spacial score (nSPS) is 10.5. The zero-order valence-electron chi connectivity index (χ0n) is 17.7. The Morgan fingerprint density at radius 3 is 2.62 bits per heavy atom. The maximum atomic E-state index is 13.0. The fourth-order valence-electron chi connectivity index (χ4n) is 3.23. The molecule has 0 radical (unpaired) electrons. The molecule has 34 heavy (non-hydrogen) atoms. The number of aromatic nitrogens is 3. The second kappa shape index (κ2) is 9.17. The van der Waals surface area contributed by atoms with Crippen LogP contribution >= 0.6 is 0 Å². The van der Waals surface area contributed by atoms with E-state index >= 15 is 0 Å². The molecule has 0 aliphatic rings. The molecule has 0 saturated carbocycles. The van der Waals surface area contributed by atoms with E-state index in [1.165, 1.54) is 24.4 Å². The number of carboxylic acids is 1. The number of aromatic carboxylic acids is 1. The van der Waals surface area contributed by atoms with Crippen LogP contribution in [0.1, 0.15) is 39.8 Å². The van der Waals surface area contributed by atoms with Crippen molar-refractivity contribution in [2.24, 2.45) is 0 Å². The lowest BCUT2D eigenvalue weighted by Crippen LogP contribution is -2.15. The van der Waals surface area contributed by atoms with Crippen LogP contribution < -0.4 is 10.6 Å². The van der Waals surface area contributed by atoms with E-state index in [1.807, 2.05) is 6.07 Å². The first kappa shape index (κ1) is 22.1. The van der Waals surface area contributed by atoms with E-state index in [9.17, 15) is 19.5 Å². The van der Waals surface area contributed by atoms with Gasteiger partial charge in [0.05, 0.1) is 39.7 Å². The summed E-state index contributed by atoms with van der Waals surface area (Å²) in [6.45, 7) is 1.71. The molecule has 2 amide bonds. The summed E-state index contributed by atoms with van der Waals surface area (Å²) in [6, 6.07) is 12.2. The second-order valence-corrected chi connectivity index (χ2v) is 7.07. The van der Waals surface area contributed by atoms with Crippen molar-refractivity contribution in [2.75, 3.05) is 10.6 Å². The highest BCUT2D eigenvalue weighted by Gasteiger charge is 2.22. The van der Waals surface area contributed by atoms with E-state index in [2.05, 4.69) is 26.0 Å². The van der Waals surface area contributed by atoms with Crippen molar-refractivity contribution in [3.05, 3.63) is 65.5 Å². The Hall–Kier alpha value is -5.11. The van der Waals surface area contributed by atoms with E-state index in [4.69, 9.17) is 9.78 Å². The summed E-state index contributed by atoms with van der Waals surface area (Å²) in [5.74, 6) is -2.26. The predicted octanol–water partition coefficient (Wildman–Crippen LogP) is 3.46. The molecule has 11 heteroatoms. The molecule has 0 spiro atoms. The monoisotopic (exact) mass is 456 g/mol. The van der Waals surface area contributed by atoms with Gasteiger partial charge in [0, 0.05) is 24.2 Å². The van der Waals surface area contributed by atoms with Crippen molar-refractivity contribution < 1.29 is 24.0 Å². The van der Waals surface area contributed by atoms with Gasteiger partial charge in [-0.05, 0) is 36.4 Å². The van der Waals surface area contributed by atoms with Crippen LogP contribution in [-0.2, 0) is 4.79 Å². The van der Waals surface area contributed by atoms with Crippen molar-refractivity contribution in [1.82, 2.24) is 15.4 Å². The highest BCUT2D eigenvalue weighted by Crippen LogP contribution is 2.33. The summed E-state index contributed by atoms with van der Waals surface area (Å²) in [6.07, 6.45) is 1.75. The van der Waals surface area contributed by atoms with Crippen LogP contribution in [0.15, 0.2) is 53.2 Å². The summed E-state index contributed by atoms with van der Waals surface area (Å²) in [5.41, 5.74) is 1.35. The largest absolute Gasteiger partial charge is 0.478 e. The number of fused-ring (bicyclic) bond motifs is 1. The van der Waals surface area contributed by atoms with Gasteiger partial charge in [0.15, 0.2) is 11.3 Å². The van der Waals surface area contributed by atoms with Crippen LogP contribution in [0.2, 0.25) is 0 Å². The number of rotatable bonds is 6. The van der Waals surface area contributed by atoms with Crippen LogP contribution in [0.25, 0.3) is 22.2 Å². The number of hydrogen-bond acceptors (Lipinski definition) is 8. The van der Waals surface area contributed by atoms with Crippen molar-refractivity contribution in [1.29, 1.82) is 5.26 Å². The average Bonchev–Trinajstić information content (AvgIpc) is 3.27. The molecule has 0 bridgehead atoms. The maximum absolute atomic E-state index is 13.0. The third-order valence-corrected chi connectivity index (χ3v) is 4.90. The number of nitriles is 1. The first-order valence-electron chi connectivity index (χ1n) is 10.0. The Kier molecular flexibility index (Phi) is 5.96. The van der Waals surface area contributed by atoms with E-state index < -0.39 is 11.9 Å². The molecule has 2 aromatic heterocycles. The van der Waals surface area contributed by atoms with Crippen LogP contribution in [0, 0.1) is 11.3 Å². The number of nitrogens with one attached hydrogen (secondary N) is 2. The molecule has 11 nitrogen and oxygen atoms in total. The molecule has 3 N–H and O–H groups in total. The molecular weight excluding hydrogens is 440 g/mol. The van der Waals surface area contributed by atoms with Crippen molar-refractivity contribution in [3.63, 3.8) is 0 Å². The molecular formula is C23H16N6O5. The Labute approximate surface area is 192 Å². The number of anilines is 2. The number of carbonyl (C=O) groups excluding carboxylic acids is 2. The maximum Gasteiger partial charge on any atom is 0.337 e. The summed E-state index contributed by atoms with van der Waals surface area (Å²) >= 11 is 0. The van der Waals surface area contributed by atoms with Crippen LogP contribution in [0.3, 0.4) is 0 Å². The van der Waals surface area contributed by atoms with Gasteiger partial charge in [-0.1, -0.05) is 12.1 Å². The SMILES string of the molecule is CCC(=O)Nc1cc2onc(C(=O)Nc3ccc(C#N)cc3C(=O)O)c2cc1-c1cccnn1. The first-order chi connectivity index (χ1) is 16.4. The number of nitrogens with zero attached hydrogens (tertiary/aromatic N) is 4. The number of benzene rings is 2. The van der Waals surface area contributed by atoms with Gasteiger partial charge in [-0.2, -0.15) is 15.5 Å². The Bertz CT molecular complexity index is 1470. The van der Waals surface area contributed by atoms with Crippen molar-refractivity contribution in [3.8, 4) is 17.3 Å². The van der Waals surface area contributed by atoms with Crippen molar-refractivity contribution >= 4 is 40.1 Å². The number of carbonyl (C=O) groups is 3. The molecule has 2 aromatic carbocycles. The third-order valence-electron chi connectivity index (χ3n) is 4.90. The summed E-state index contributed by atoms with van der Waals surface area (Å²) in [7, 11) is 0. The standard InChI is InChI=1S/C23H16N6O5/c1-2-20(30)26-18-10-19-15(9-13(18)17-4-3-7-25-28-17)21(29-34-19)22(31)27-16-6-5-12(11-24)8-14(16)23(32)33/h3-10H,2H2,1H3,(H,26,30)(H,27,31)(H,32,33). The quantitative estimate of drug-likeness (QED) is 0.393. The molecule has 0 aliphatic carbocycles. The highest BCUT2D eigenvalue weighted by molar-refractivity contribution is 6.14. The fraction of sp³-hybridized carbons (Fsp3) is 0.0870. The molecule has 0 aliphatic heterocycles. The number of amides is 2. The zero-order valence-corrected chi connectivity index (χ0v) is 17.7. The van der Waals surface area contributed by atoms with E-state index in [0.717, 1.165) is 6.07 Å². The van der Waals surface area contributed by atoms with Gasteiger partial charge in [-0.3, -0.25) is 9.59 Å². The zero-order chi connectivity index (χ0) is 24.2. The fourth-order valence-corrected chi connectivity index (χ4v) is 3.23. The molecule has 4 rings (SSSR count). The Morgan fingerprint density at radius 2 is 1.94 bits per heavy atom. The Balaban J connectivity index is 1.77. The Morgan fingerprint density at radius 1 is 1.12 bits per heavy atom. The summed E-state index contributed by atoms with van der Waals surface area (Å²) in [5, 5.41) is 35.8. The summed E-state index contributed by atoms with van der Waals surface area (Å²) < 4.78 is 5.31. The minimum atomic E-state index is -1.31. The van der Waals surface area contributed by atoms with Crippen molar-refractivity contribution in [2.45, 2.75) is 13.3 Å². The van der Waals surface area contributed by atoms with Crippen LogP contribution in [0.5, 0.6) is 0 Å². The number of hydrogen-bond donors (Lipinski definition) is 3. The van der Waals surface area contributed by atoms with Crippen LogP contribution in [0.4, 0.5) is 11.4 Å². The highest BCUT2D eigenvalue weighted by atomic mass is 16.5. The first-order valence-corrected chi connectivity index (χ1v) is 10.0. The minimum Gasteiger partial charge on any atom is -0.478 e. The van der Waals surface area contributed by atoms with E-state index in [0.29, 0.717) is 22.3 Å². The molecule has 0 fully saturated rings. The van der Waals surface area contributed by atoms with Gasteiger partial charge in [0.2, 0.25) is 5.91 Å². The van der Waals surface area contributed by atoms with E-state index in [1.54, 1.807) is 25.1 Å². The minimum absolute atomic E-state index is 0.00590. The van der Waals surface area contributed by atoms with Gasteiger partial charge in [0.1, 0.15) is 0 Å². The van der Waals surface area contributed by atoms with Crippen LogP contribution in [-0.4, -0.2) is 38.2 Å². The molecule has 0 atom stereocenters. The molecule has 4 aromatic rings. The van der Waals surface area contributed by atoms with Gasteiger partial charge in [-0.15, -0.1) is 0 Å². The smallest absolute Gasteiger partial charge is 0.337 e. The molecule has 0 unspecified atom stereocenters. The molecule has 2 heterocycles. The molecule has 0 saturated heterocycles.